The third-order valence-electron chi connectivity index (χ3n) is 4.65. The Bertz CT molecular complexity index is 1110. The Morgan fingerprint density at radius 1 is 1.26 bits per heavy atom. The van der Waals surface area contributed by atoms with E-state index >= 15 is 0 Å². The number of aliphatic imine (C=N–C) groups is 1. The van der Waals surface area contributed by atoms with Crippen LogP contribution in [-0.2, 0) is 16.0 Å². The molecule has 0 saturated heterocycles. The van der Waals surface area contributed by atoms with Crippen LogP contribution in [0.25, 0.3) is 16.7 Å². The van der Waals surface area contributed by atoms with Crippen molar-refractivity contribution in [2.75, 3.05) is 6.54 Å². The molecule has 31 heavy (non-hydrogen) atoms. The number of rotatable bonds is 9. The molecule has 3 heterocycles. The zero-order chi connectivity index (χ0) is 22.4. The van der Waals surface area contributed by atoms with Crippen LogP contribution in [0.5, 0.6) is 0 Å². The molecule has 3 aromatic rings. The number of halogens is 2. The van der Waals surface area contributed by atoms with E-state index in [1.54, 1.807) is 24.5 Å². The van der Waals surface area contributed by atoms with Crippen LogP contribution in [0.4, 0.5) is 8.78 Å². The van der Waals surface area contributed by atoms with Crippen molar-refractivity contribution >= 4 is 29.2 Å². The summed E-state index contributed by atoms with van der Waals surface area (Å²) in [6.07, 6.45) is 4.84. The number of nitrogens with zero attached hydrogens (tertiary/aromatic N) is 4. The lowest BCUT2D eigenvalue weighted by Gasteiger charge is -2.15. The Kier molecular flexibility index (Phi) is 6.68. The first-order valence-electron chi connectivity index (χ1n) is 9.61. The summed E-state index contributed by atoms with van der Waals surface area (Å²) in [4.78, 5) is 33.6. The van der Waals surface area contributed by atoms with Crippen LogP contribution in [0.2, 0.25) is 0 Å². The number of amides is 2. The lowest BCUT2D eigenvalue weighted by atomic mass is 10.0. The first kappa shape index (κ1) is 22.0. The van der Waals surface area contributed by atoms with Crippen molar-refractivity contribution in [1.82, 2.24) is 19.9 Å². The standard InChI is InChI=1S/C21H22F2N6O2/c1-14(31)28-19(24)18-3-2-17(12-26-18)29-9-5-16-10-15(11-27-20(16)29)4-6-21(22,23)7-8-25-13-30/h2-3,5,9-13H,4,6-8H2,1H3,(H,25,30)(H2,24,28,31). The molecule has 0 aliphatic rings. The number of carbonyl (C=O) groups excluding carboxylic acids is 2. The van der Waals surface area contributed by atoms with Crippen LogP contribution in [0.1, 0.15) is 31.0 Å². The minimum Gasteiger partial charge on any atom is -0.382 e. The first-order valence-corrected chi connectivity index (χ1v) is 9.61. The molecule has 0 unspecified atom stereocenters. The van der Waals surface area contributed by atoms with E-state index in [0.717, 1.165) is 11.1 Å². The van der Waals surface area contributed by atoms with Gasteiger partial charge >= 0.3 is 0 Å². The highest BCUT2D eigenvalue weighted by Crippen LogP contribution is 2.26. The van der Waals surface area contributed by atoms with E-state index in [0.29, 0.717) is 23.3 Å². The van der Waals surface area contributed by atoms with Crippen LogP contribution in [0.3, 0.4) is 0 Å². The average molecular weight is 428 g/mol. The van der Waals surface area contributed by atoms with E-state index in [2.05, 4.69) is 20.3 Å². The topological polar surface area (TPSA) is 115 Å². The number of aromatic nitrogens is 3. The molecule has 8 nitrogen and oxygen atoms in total. The highest BCUT2D eigenvalue weighted by molar-refractivity contribution is 6.02. The largest absolute Gasteiger partial charge is 0.382 e. The van der Waals surface area contributed by atoms with Gasteiger partial charge in [0.15, 0.2) is 5.84 Å². The Morgan fingerprint density at radius 3 is 2.74 bits per heavy atom. The summed E-state index contributed by atoms with van der Waals surface area (Å²) in [5.41, 5.74) is 8.21. The zero-order valence-electron chi connectivity index (χ0n) is 16.9. The lowest BCUT2D eigenvalue weighted by Crippen LogP contribution is -2.24. The number of fused-ring (bicyclic) bond motifs is 1. The van der Waals surface area contributed by atoms with E-state index in [1.165, 1.54) is 6.92 Å². The van der Waals surface area contributed by atoms with Crippen molar-refractivity contribution in [3.05, 3.63) is 54.1 Å². The number of hydrogen-bond acceptors (Lipinski definition) is 4. The second-order valence-electron chi connectivity index (χ2n) is 7.04. The first-order chi connectivity index (χ1) is 14.8. The predicted molar refractivity (Wildman–Crippen MR) is 112 cm³/mol. The Morgan fingerprint density at radius 2 is 2.06 bits per heavy atom. The van der Waals surface area contributed by atoms with E-state index in [-0.39, 0.29) is 25.2 Å². The van der Waals surface area contributed by atoms with E-state index in [1.807, 2.05) is 22.9 Å². The highest BCUT2D eigenvalue weighted by atomic mass is 19.3. The molecule has 0 aliphatic carbocycles. The normalized spacial score (nSPS) is 12.2. The second-order valence-corrected chi connectivity index (χ2v) is 7.04. The van der Waals surface area contributed by atoms with Gasteiger partial charge in [-0.05, 0) is 36.2 Å². The van der Waals surface area contributed by atoms with Gasteiger partial charge in [0.1, 0.15) is 11.3 Å². The number of alkyl halides is 2. The molecular formula is C21H22F2N6O2. The third kappa shape index (κ3) is 5.68. The van der Waals surface area contributed by atoms with Crippen molar-refractivity contribution in [3.63, 3.8) is 0 Å². The molecular weight excluding hydrogens is 406 g/mol. The van der Waals surface area contributed by atoms with Crippen molar-refractivity contribution < 1.29 is 18.4 Å². The molecule has 0 aliphatic heterocycles. The van der Waals surface area contributed by atoms with Crippen LogP contribution >= 0.6 is 0 Å². The smallest absolute Gasteiger partial charge is 0.250 e. The van der Waals surface area contributed by atoms with Crippen LogP contribution in [0.15, 0.2) is 47.8 Å². The predicted octanol–water partition coefficient (Wildman–Crippen LogP) is 2.38. The Hall–Kier alpha value is -3.69. The summed E-state index contributed by atoms with van der Waals surface area (Å²) in [6.45, 7) is 1.24. The number of carbonyl (C=O) groups is 2. The summed E-state index contributed by atoms with van der Waals surface area (Å²) in [6, 6.07) is 7.10. The van der Waals surface area contributed by atoms with E-state index in [9.17, 15) is 18.4 Å². The van der Waals surface area contributed by atoms with Crippen molar-refractivity contribution in [2.45, 2.75) is 32.1 Å². The fourth-order valence-corrected chi connectivity index (χ4v) is 3.09. The maximum atomic E-state index is 13.9. The molecule has 3 aromatic heterocycles. The Balaban J connectivity index is 1.74. The van der Waals surface area contributed by atoms with Gasteiger partial charge < -0.3 is 11.1 Å². The average Bonchev–Trinajstić information content (AvgIpc) is 3.15. The van der Waals surface area contributed by atoms with Gasteiger partial charge in [-0.2, -0.15) is 4.99 Å². The number of hydrogen-bond donors (Lipinski definition) is 2. The monoisotopic (exact) mass is 428 g/mol. The highest BCUT2D eigenvalue weighted by Gasteiger charge is 2.27. The molecule has 0 atom stereocenters. The maximum Gasteiger partial charge on any atom is 0.250 e. The maximum absolute atomic E-state index is 13.9. The fourth-order valence-electron chi connectivity index (χ4n) is 3.09. The van der Waals surface area contributed by atoms with Crippen LogP contribution in [0, 0.1) is 0 Å². The molecule has 0 saturated carbocycles. The summed E-state index contributed by atoms with van der Waals surface area (Å²) in [5, 5.41) is 3.06. The molecule has 2 amide bonds. The van der Waals surface area contributed by atoms with Crippen molar-refractivity contribution in [2.24, 2.45) is 10.7 Å². The molecule has 10 heteroatoms. The van der Waals surface area contributed by atoms with E-state index in [4.69, 9.17) is 5.73 Å². The van der Waals surface area contributed by atoms with Gasteiger partial charge in [-0.15, -0.1) is 0 Å². The van der Waals surface area contributed by atoms with Gasteiger partial charge in [-0.1, -0.05) is 0 Å². The minimum absolute atomic E-state index is 0.0397. The summed E-state index contributed by atoms with van der Waals surface area (Å²) >= 11 is 0. The number of amidine groups is 1. The van der Waals surface area contributed by atoms with Crippen molar-refractivity contribution in [1.29, 1.82) is 0 Å². The summed E-state index contributed by atoms with van der Waals surface area (Å²) in [7, 11) is 0. The molecule has 0 fully saturated rings. The number of aryl methyl sites for hydroxylation is 1. The van der Waals surface area contributed by atoms with Gasteiger partial charge in [0, 0.05) is 44.1 Å². The lowest BCUT2D eigenvalue weighted by molar-refractivity contribution is -0.115. The van der Waals surface area contributed by atoms with Crippen molar-refractivity contribution in [3.8, 4) is 5.69 Å². The molecule has 0 radical (unpaired) electrons. The van der Waals surface area contributed by atoms with Gasteiger partial charge in [0.25, 0.3) is 0 Å². The van der Waals surface area contributed by atoms with Crippen LogP contribution in [-0.4, -0.2) is 45.2 Å². The zero-order valence-corrected chi connectivity index (χ0v) is 16.9. The SMILES string of the molecule is CC(=O)N=C(N)c1ccc(-n2ccc3cc(CCC(F)(F)CCNC=O)cnc32)cn1. The van der Waals surface area contributed by atoms with Gasteiger partial charge in [0.05, 0.1) is 11.9 Å². The number of nitrogens with two attached hydrogens (primary N) is 1. The van der Waals surface area contributed by atoms with Gasteiger partial charge in [-0.25, -0.2) is 13.8 Å². The summed E-state index contributed by atoms with van der Waals surface area (Å²) < 4.78 is 29.6. The molecule has 3 rings (SSSR count). The van der Waals surface area contributed by atoms with Crippen LogP contribution < -0.4 is 11.1 Å². The molecule has 0 spiro atoms. The molecule has 0 bridgehead atoms. The third-order valence-corrected chi connectivity index (χ3v) is 4.65. The summed E-state index contributed by atoms with van der Waals surface area (Å²) in [5.74, 6) is -3.23. The number of nitrogens with one attached hydrogen (secondary N) is 1. The Labute approximate surface area is 177 Å². The molecule has 0 aromatic carbocycles. The number of pyridine rings is 2. The molecule has 162 valence electrons. The van der Waals surface area contributed by atoms with E-state index < -0.39 is 18.3 Å². The minimum atomic E-state index is -2.86. The second kappa shape index (κ2) is 9.41. The van der Waals surface area contributed by atoms with Gasteiger partial charge in [-0.3, -0.25) is 19.1 Å². The quantitative estimate of drug-likeness (QED) is 0.235. The molecule has 3 N–H and O–H groups in total. The fraction of sp³-hybridized carbons (Fsp3) is 0.286. The van der Waals surface area contributed by atoms with Gasteiger partial charge in [0.2, 0.25) is 18.2 Å².